The van der Waals surface area contributed by atoms with Gasteiger partial charge in [0.15, 0.2) is 0 Å². The normalized spacial score (nSPS) is 10.2. The summed E-state index contributed by atoms with van der Waals surface area (Å²) in [6, 6.07) is 15.3. The van der Waals surface area contributed by atoms with Gasteiger partial charge in [0.25, 0.3) is 0 Å². The SMILES string of the molecule is CCc1cccc(NC(=O)Cc2ccccc2N)c1. The van der Waals surface area contributed by atoms with Gasteiger partial charge in [0.2, 0.25) is 5.91 Å². The van der Waals surface area contributed by atoms with E-state index in [2.05, 4.69) is 12.2 Å². The highest BCUT2D eigenvalue weighted by molar-refractivity contribution is 5.93. The second-order valence-electron chi connectivity index (χ2n) is 4.48. The van der Waals surface area contributed by atoms with Crippen molar-refractivity contribution in [1.29, 1.82) is 0 Å². The lowest BCUT2D eigenvalue weighted by atomic mass is 10.1. The van der Waals surface area contributed by atoms with Crippen LogP contribution >= 0.6 is 0 Å². The lowest BCUT2D eigenvalue weighted by Gasteiger charge is -2.08. The number of nitrogen functional groups attached to an aromatic ring is 1. The molecule has 0 aliphatic heterocycles. The highest BCUT2D eigenvalue weighted by atomic mass is 16.1. The van der Waals surface area contributed by atoms with Crippen LogP contribution in [0.3, 0.4) is 0 Å². The Labute approximate surface area is 113 Å². The van der Waals surface area contributed by atoms with Crippen molar-refractivity contribution in [2.45, 2.75) is 19.8 Å². The molecule has 2 rings (SSSR count). The Bertz CT molecular complexity index is 578. The van der Waals surface area contributed by atoms with E-state index < -0.39 is 0 Å². The Kier molecular flexibility index (Phi) is 4.18. The Morgan fingerprint density at radius 2 is 1.95 bits per heavy atom. The molecule has 0 spiro atoms. The van der Waals surface area contributed by atoms with Crippen molar-refractivity contribution >= 4 is 17.3 Å². The van der Waals surface area contributed by atoms with Crippen LogP contribution in [0, 0.1) is 0 Å². The number of nitrogens with two attached hydrogens (primary N) is 1. The maximum atomic E-state index is 12.0. The van der Waals surface area contributed by atoms with Gasteiger partial charge >= 0.3 is 0 Å². The summed E-state index contributed by atoms with van der Waals surface area (Å²) in [6.45, 7) is 2.09. The minimum absolute atomic E-state index is 0.0499. The third-order valence-corrected chi connectivity index (χ3v) is 3.03. The number of hydrogen-bond donors (Lipinski definition) is 2. The van der Waals surface area contributed by atoms with E-state index in [0.717, 1.165) is 17.7 Å². The molecule has 0 saturated heterocycles. The van der Waals surface area contributed by atoms with Gasteiger partial charge < -0.3 is 11.1 Å². The molecule has 0 aromatic heterocycles. The monoisotopic (exact) mass is 254 g/mol. The number of benzene rings is 2. The maximum absolute atomic E-state index is 12.0. The van der Waals surface area contributed by atoms with Crippen LogP contribution in [0.2, 0.25) is 0 Å². The Morgan fingerprint density at radius 3 is 2.68 bits per heavy atom. The number of rotatable bonds is 4. The summed E-state index contributed by atoms with van der Waals surface area (Å²) >= 11 is 0. The van der Waals surface area contributed by atoms with E-state index in [1.165, 1.54) is 5.56 Å². The van der Waals surface area contributed by atoms with Crippen LogP contribution < -0.4 is 11.1 Å². The first-order valence-electron chi connectivity index (χ1n) is 6.41. The van der Waals surface area contributed by atoms with E-state index in [4.69, 9.17) is 5.73 Å². The maximum Gasteiger partial charge on any atom is 0.228 e. The third-order valence-electron chi connectivity index (χ3n) is 3.03. The molecule has 0 radical (unpaired) electrons. The number of aryl methyl sites for hydroxylation is 1. The fourth-order valence-corrected chi connectivity index (χ4v) is 1.94. The third kappa shape index (κ3) is 3.58. The summed E-state index contributed by atoms with van der Waals surface area (Å²) in [5.41, 5.74) is 9.37. The van der Waals surface area contributed by atoms with Gasteiger partial charge in [-0.15, -0.1) is 0 Å². The van der Waals surface area contributed by atoms with Crippen molar-refractivity contribution in [3.63, 3.8) is 0 Å². The Hall–Kier alpha value is -2.29. The van der Waals surface area contributed by atoms with E-state index in [1.54, 1.807) is 6.07 Å². The van der Waals surface area contributed by atoms with Crippen molar-refractivity contribution in [2.24, 2.45) is 0 Å². The van der Waals surface area contributed by atoms with Gasteiger partial charge in [-0.25, -0.2) is 0 Å². The zero-order valence-corrected chi connectivity index (χ0v) is 11.0. The number of carbonyl (C=O) groups is 1. The molecule has 2 aromatic carbocycles. The van der Waals surface area contributed by atoms with Crippen molar-refractivity contribution in [3.8, 4) is 0 Å². The largest absolute Gasteiger partial charge is 0.398 e. The van der Waals surface area contributed by atoms with E-state index in [0.29, 0.717) is 12.1 Å². The van der Waals surface area contributed by atoms with Crippen LogP contribution in [0.5, 0.6) is 0 Å². The molecule has 2 aromatic rings. The molecule has 0 saturated carbocycles. The van der Waals surface area contributed by atoms with Crippen LogP contribution in [0.1, 0.15) is 18.1 Å². The van der Waals surface area contributed by atoms with Crippen LogP contribution in [0.15, 0.2) is 48.5 Å². The highest BCUT2D eigenvalue weighted by Gasteiger charge is 2.06. The molecule has 0 aliphatic rings. The fraction of sp³-hybridized carbons (Fsp3) is 0.188. The van der Waals surface area contributed by atoms with Gasteiger partial charge in [0, 0.05) is 11.4 Å². The highest BCUT2D eigenvalue weighted by Crippen LogP contribution is 2.14. The van der Waals surface area contributed by atoms with Crippen molar-refractivity contribution < 1.29 is 4.79 Å². The predicted octanol–water partition coefficient (Wildman–Crippen LogP) is 3.01. The minimum Gasteiger partial charge on any atom is -0.398 e. The van der Waals surface area contributed by atoms with Gasteiger partial charge in [-0.1, -0.05) is 37.3 Å². The zero-order valence-electron chi connectivity index (χ0n) is 11.0. The molecule has 0 aliphatic carbocycles. The molecule has 98 valence electrons. The molecule has 3 N–H and O–H groups in total. The van der Waals surface area contributed by atoms with E-state index in [-0.39, 0.29) is 5.91 Å². The van der Waals surface area contributed by atoms with Crippen LogP contribution in [0.25, 0.3) is 0 Å². The van der Waals surface area contributed by atoms with Gasteiger partial charge in [-0.3, -0.25) is 4.79 Å². The summed E-state index contributed by atoms with van der Waals surface area (Å²) in [4.78, 5) is 12.0. The van der Waals surface area contributed by atoms with Gasteiger partial charge in [-0.2, -0.15) is 0 Å². The number of nitrogens with one attached hydrogen (secondary N) is 1. The quantitative estimate of drug-likeness (QED) is 0.824. The summed E-state index contributed by atoms with van der Waals surface area (Å²) in [5, 5.41) is 2.90. The van der Waals surface area contributed by atoms with Gasteiger partial charge in [0.1, 0.15) is 0 Å². The number of anilines is 2. The lowest BCUT2D eigenvalue weighted by Crippen LogP contribution is -2.15. The first kappa shape index (κ1) is 13.1. The lowest BCUT2D eigenvalue weighted by molar-refractivity contribution is -0.115. The topological polar surface area (TPSA) is 55.1 Å². The van der Waals surface area contributed by atoms with Crippen LogP contribution in [0.4, 0.5) is 11.4 Å². The molecule has 0 fully saturated rings. The first-order valence-corrected chi connectivity index (χ1v) is 6.41. The molecular weight excluding hydrogens is 236 g/mol. The van der Waals surface area contributed by atoms with Gasteiger partial charge in [-0.05, 0) is 35.7 Å². The number of para-hydroxylation sites is 1. The van der Waals surface area contributed by atoms with E-state index in [9.17, 15) is 4.79 Å². The summed E-state index contributed by atoms with van der Waals surface area (Å²) in [5.74, 6) is -0.0499. The van der Waals surface area contributed by atoms with Crippen molar-refractivity contribution in [2.75, 3.05) is 11.1 Å². The summed E-state index contributed by atoms with van der Waals surface area (Å²) in [6.07, 6.45) is 1.25. The molecule has 0 atom stereocenters. The molecule has 1 amide bonds. The molecule has 3 heteroatoms. The minimum atomic E-state index is -0.0499. The van der Waals surface area contributed by atoms with Crippen LogP contribution in [-0.2, 0) is 17.6 Å². The van der Waals surface area contributed by atoms with Crippen LogP contribution in [-0.4, -0.2) is 5.91 Å². The standard InChI is InChI=1S/C16H18N2O/c1-2-12-6-5-8-14(10-12)18-16(19)11-13-7-3-4-9-15(13)17/h3-10H,2,11,17H2,1H3,(H,18,19). The molecule has 3 nitrogen and oxygen atoms in total. The molecular formula is C16H18N2O. The fourth-order valence-electron chi connectivity index (χ4n) is 1.94. The summed E-state index contributed by atoms with van der Waals surface area (Å²) < 4.78 is 0. The Morgan fingerprint density at radius 1 is 1.16 bits per heavy atom. The number of amides is 1. The molecule has 0 bridgehead atoms. The number of carbonyl (C=O) groups excluding carboxylic acids is 1. The summed E-state index contributed by atoms with van der Waals surface area (Å²) in [7, 11) is 0. The van der Waals surface area contributed by atoms with Crippen molar-refractivity contribution in [1.82, 2.24) is 0 Å². The molecule has 0 heterocycles. The second kappa shape index (κ2) is 6.05. The first-order chi connectivity index (χ1) is 9.19. The number of hydrogen-bond acceptors (Lipinski definition) is 2. The van der Waals surface area contributed by atoms with Gasteiger partial charge in [0.05, 0.1) is 6.42 Å². The molecule has 0 unspecified atom stereocenters. The Balaban J connectivity index is 2.03. The average Bonchev–Trinajstić information content (AvgIpc) is 2.41. The average molecular weight is 254 g/mol. The van der Waals surface area contributed by atoms with E-state index in [1.807, 2.05) is 42.5 Å². The van der Waals surface area contributed by atoms with E-state index >= 15 is 0 Å². The smallest absolute Gasteiger partial charge is 0.228 e. The van der Waals surface area contributed by atoms with Crippen molar-refractivity contribution in [3.05, 3.63) is 59.7 Å². The second-order valence-corrected chi connectivity index (χ2v) is 4.48. The molecule has 19 heavy (non-hydrogen) atoms. The predicted molar refractivity (Wildman–Crippen MR) is 79.0 cm³/mol. The zero-order chi connectivity index (χ0) is 13.7.